The molecule has 2 N–H and O–H groups in total. The van der Waals surface area contributed by atoms with E-state index in [1.54, 1.807) is 0 Å². The lowest BCUT2D eigenvalue weighted by Crippen LogP contribution is -2.32. The van der Waals surface area contributed by atoms with Crippen molar-refractivity contribution in [3.8, 4) is 0 Å². The Morgan fingerprint density at radius 1 is 1.35 bits per heavy atom. The van der Waals surface area contributed by atoms with E-state index in [1.165, 1.54) is 19.3 Å². The summed E-state index contributed by atoms with van der Waals surface area (Å²) in [7, 11) is 1.94. The number of nitrogens with one attached hydrogen (secondary N) is 1. The van der Waals surface area contributed by atoms with Gasteiger partial charge >= 0.3 is 0 Å². The van der Waals surface area contributed by atoms with Crippen LogP contribution in [0.3, 0.4) is 0 Å². The van der Waals surface area contributed by atoms with Crippen LogP contribution in [0.2, 0.25) is 5.02 Å². The fourth-order valence-corrected chi connectivity index (χ4v) is 3.54. The lowest BCUT2D eigenvalue weighted by atomic mass is 9.79. The Kier molecular flexibility index (Phi) is 5.87. The molecular weight excluding hydrogens is 274 g/mol. The number of rotatable bonds is 6. The third-order valence-electron chi connectivity index (χ3n) is 4.50. The normalized spacial score (nSPS) is 23.2. The average molecular weight is 300 g/mol. The smallest absolute Gasteiger partial charge is 0.0863 e. The van der Waals surface area contributed by atoms with Crippen molar-refractivity contribution in [1.82, 2.24) is 15.1 Å². The van der Waals surface area contributed by atoms with Gasteiger partial charge in [-0.2, -0.15) is 5.10 Å². The van der Waals surface area contributed by atoms with Gasteiger partial charge in [-0.05, 0) is 37.6 Å². The van der Waals surface area contributed by atoms with Crippen molar-refractivity contribution in [3.05, 3.63) is 16.4 Å². The van der Waals surface area contributed by atoms with E-state index < -0.39 is 0 Å². The number of aryl methyl sites for hydroxylation is 2. The third kappa shape index (κ3) is 3.54. The average Bonchev–Trinajstić information content (AvgIpc) is 2.75. The Hall–Kier alpha value is -0.580. The summed E-state index contributed by atoms with van der Waals surface area (Å²) in [5, 5.41) is 18.2. The van der Waals surface area contributed by atoms with Gasteiger partial charge in [-0.25, -0.2) is 0 Å². The quantitative estimate of drug-likeness (QED) is 0.848. The first-order valence-electron chi connectivity index (χ1n) is 7.69. The molecule has 1 fully saturated rings. The molecule has 0 radical (unpaired) electrons. The van der Waals surface area contributed by atoms with Crippen LogP contribution >= 0.6 is 11.6 Å². The highest BCUT2D eigenvalue weighted by molar-refractivity contribution is 6.31. The number of aliphatic hydroxyl groups is 1. The first kappa shape index (κ1) is 15.8. The zero-order valence-corrected chi connectivity index (χ0v) is 13.3. The zero-order valence-electron chi connectivity index (χ0n) is 12.5. The predicted molar refractivity (Wildman–Crippen MR) is 81.8 cm³/mol. The summed E-state index contributed by atoms with van der Waals surface area (Å²) in [4.78, 5) is 0. The Balaban J connectivity index is 1.88. The summed E-state index contributed by atoms with van der Waals surface area (Å²) in [6.45, 7) is 4.09. The largest absolute Gasteiger partial charge is 0.396 e. The molecule has 2 unspecified atom stereocenters. The van der Waals surface area contributed by atoms with E-state index in [0.717, 1.165) is 42.3 Å². The monoisotopic (exact) mass is 299 g/mol. The highest BCUT2D eigenvalue weighted by Gasteiger charge is 2.24. The molecule has 1 aliphatic carbocycles. The van der Waals surface area contributed by atoms with Crippen molar-refractivity contribution in [2.45, 2.75) is 45.6 Å². The van der Waals surface area contributed by atoms with Crippen molar-refractivity contribution < 1.29 is 5.11 Å². The van der Waals surface area contributed by atoms with Gasteiger partial charge in [0.25, 0.3) is 0 Å². The van der Waals surface area contributed by atoms with Gasteiger partial charge in [0, 0.05) is 20.2 Å². The fourth-order valence-electron chi connectivity index (χ4n) is 3.18. The second-order valence-electron chi connectivity index (χ2n) is 5.80. The number of aliphatic hydroxyl groups excluding tert-OH is 1. The number of nitrogens with zero attached hydrogens (tertiary/aromatic N) is 2. The maximum Gasteiger partial charge on any atom is 0.0863 e. The summed E-state index contributed by atoms with van der Waals surface area (Å²) in [6.07, 6.45) is 5.79. The van der Waals surface area contributed by atoms with Crippen LogP contribution in [0.5, 0.6) is 0 Å². The molecule has 1 aromatic heterocycles. The van der Waals surface area contributed by atoms with Gasteiger partial charge in [0.05, 0.1) is 16.4 Å². The minimum Gasteiger partial charge on any atom is -0.396 e. The van der Waals surface area contributed by atoms with E-state index in [2.05, 4.69) is 17.3 Å². The molecule has 0 aromatic carbocycles. The fraction of sp³-hybridized carbons (Fsp3) is 0.800. The van der Waals surface area contributed by atoms with Gasteiger partial charge in [-0.1, -0.05) is 31.4 Å². The molecule has 0 saturated heterocycles. The molecule has 2 rings (SSSR count). The van der Waals surface area contributed by atoms with Gasteiger partial charge in [-0.3, -0.25) is 4.68 Å². The molecule has 20 heavy (non-hydrogen) atoms. The summed E-state index contributed by atoms with van der Waals surface area (Å²) in [6, 6.07) is 0. The van der Waals surface area contributed by atoms with Crippen LogP contribution in [-0.2, 0) is 20.0 Å². The van der Waals surface area contributed by atoms with E-state index in [4.69, 9.17) is 11.6 Å². The summed E-state index contributed by atoms with van der Waals surface area (Å²) >= 11 is 6.34. The number of aromatic nitrogens is 2. The van der Waals surface area contributed by atoms with E-state index in [1.807, 2.05) is 11.7 Å². The molecule has 0 aliphatic heterocycles. The minimum atomic E-state index is 0.318. The van der Waals surface area contributed by atoms with Gasteiger partial charge in [-0.15, -0.1) is 0 Å². The highest BCUT2D eigenvalue weighted by Crippen LogP contribution is 2.29. The Labute approximate surface area is 126 Å². The lowest BCUT2D eigenvalue weighted by molar-refractivity contribution is 0.133. The molecule has 2 atom stereocenters. The van der Waals surface area contributed by atoms with Crippen molar-refractivity contribution in [2.75, 3.05) is 13.2 Å². The Morgan fingerprint density at radius 2 is 2.05 bits per heavy atom. The van der Waals surface area contributed by atoms with E-state index in [-0.39, 0.29) is 0 Å². The van der Waals surface area contributed by atoms with Crippen LogP contribution in [0.15, 0.2) is 0 Å². The standard InChI is InChI=1S/C15H26ClN3O/c1-3-13-15(16)14(19(2)18-13)9-17-8-11-6-4-5-7-12(11)10-20/h11-12,17,20H,3-10H2,1-2H3. The molecule has 0 bridgehead atoms. The topological polar surface area (TPSA) is 50.1 Å². The van der Waals surface area contributed by atoms with Gasteiger partial charge in [0.15, 0.2) is 0 Å². The predicted octanol–water partition coefficient (Wildman–Crippen LogP) is 2.52. The molecule has 114 valence electrons. The first-order chi connectivity index (χ1) is 9.67. The SMILES string of the molecule is CCc1nn(C)c(CNCC2CCCCC2CO)c1Cl. The highest BCUT2D eigenvalue weighted by atomic mass is 35.5. The van der Waals surface area contributed by atoms with Gasteiger partial charge in [0.1, 0.15) is 0 Å². The summed E-state index contributed by atoms with van der Waals surface area (Å²) in [5.74, 6) is 1.05. The molecule has 5 heteroatoms. The molecule has 1 saturated carbocycles. The molecule has 0 amide bonds. The Morgan fingerprint density at radius 3 is 2.65 bits per heavy atom. The maximum atomic E-state index is 9.44. The zero-order chi connectivity index (χ0) is 14.5. The Bertz CT molecular complexity index is 433. The van der Waals surface area contributed by atoms with Crippen LogP contribution in [0.4, 0.5) is 0 Å². The number of hydrogen-bond donors (Lipinski definition) is 2. The van der Waals surface area contributed by atoms with Crippen LogP contribution in [0, 0.1) is 11.8 Å². The van der Waals surface area contributed by atoms with Crippen LogP contribution in [0.25, 0.3) is 0 Å². The lowest BCUT2D eigenvalue weighted by Gasteiger charge is -2.30. The first-order valence-corrected chi connectivity index (χ1v) is 8.07. The van der Waals surface area contributed by atoms with Crippen LogP contribution < -0.4 is 5.32 Å². The van der Waals surface area contributed by atoms with Crippen molar-refractivity contribution >= 4 is 11.6 Å². The maximum absolute atomic E-state index is 9.44. The molecular formula is C15H26ClN3O. The van der Waals surface area contributed by atoms with E-state index in [0.29, 0.717) is 18.4 Å². The summed E-state index contributed by atoms with van der Waals surface area (Å²) in [5.41, 5.74) is 2.02. The van der Waals surface area contributed by atoms with Gasteiger partial charge in [0.2, 0.25) is 0 Å². The van der Waals surface area contributed by atoms with E-state index >= 15 is 0 Å². The molecule has 1 heterocycles. The number of hydrogen-bond acceptors (Lipinski definition) is 3. The second-order valence-corrected chi connectivity index (χ2v) is 6.18. The molecule has 4 nitrogen and oxygen atoms in total. The minimum absolute atomic E-state index is 0.318. The van der Waals surface area contributed by atoms with Crippen molar-refractivity contribution in [3.63, 3.8) is 0 Å². The van der Waals surface area contributed by atoms with Gasteiger partial charge < -0.3 is 10.4 Å². The van der Waals surface area contributed by atoms with Crippen LogP contribution in [-0.4, -0.2) is 28.0 Å². The third-order valence-corrected chi connectivity index (χ3v) is 4.94. The molecule has 1 aliphatic rings. The van der Waals surface area contributed by atoms with Crippen LogP contribution in [0.1, 0.15) is 44.0 Å². The summed E-state index contributed by atoms with van der Waals surface area (Å²) < 4.78 is 1.87. The van der Waals surface area contributed by atoms with Crippen molar-refractivity contribution in [1.29, 1.82) is 0 Å². The molecule has 1 aromatic rings. The number of halogens is 1. The van der Waals surface area contributed by atoms with Crippen molar-refractivity contribution in [2.24, 2.45) is 18.9 Å². The van der Waals surface area contributed by atoms with E-state index in [9.17, 15) is 5.11 Å². The second kappa shape index (κ2) is 7.43. The molecule has 0 spiro atoms.